The summed E-state index contributed by atoms with van der Waals surface area (Å²) in [7, 11) is 0. The Labute approximate surface area is 131 Å². The van der Waals surface area contributed by atoms with Gasteiger partial charge in [0.25, 0.3) is 0 Å². The maximum absolute atomic E-state index is 8.34. The first-order valence-electron chi connectivity index (χ1n) is 6.98. The number of hydrogen-bond acceptors (Lipinski definition) is 4. The molecule has 5 N–H and O–H groups in total. The van der Waals surface area contributed by atoms with Crippen LogP contribution in [0.15, 0.2) is 61.2 Å². The number of benzene rings is 2. The van der Waals surface area contributed by atoms with Crippen molar-refractivity contribution in [3.63, 3.8) is 0 Å². The molecule has 0 aliphatic carbocycles. The zero-order valence-corrected chi connectivity index (χ0v) is 12.5. The van der Waals surface area contributed by atoms with Gasteiger partial charge in [-0.25, -0.2) is 0 Å². The lowest BCUT2D eigenvalue weighted by molar-refractivity contribution is 0.0698. The summed E-state index contributed by atoms with van der Waals surface area (Å²) in [6.45, 7) is 2.53. The molecule has 0 spiro atoms. The van der Waals surface area contributed by atoms with Crippen molar-refractivity contribution >= 4 is 6.08 Å². The van der Waals surface area contributed by atoms with Crippen molar-refractivity contribution in [2.24, 2.45) is 5.73 Å². The van der Waals surface area contributed by atoms with Gasteiger partial charge in [-0.1, -0.05) is 67.3 Å². The van der Waals surface area contributed by atoms with Crippen LogP contribution in [0.4, 0.5) is 0 Å². The number of aliphatic hydroxyl groups is 3. The second-order valence-electron chi connectivity index (χ2n) is 5.03. The largest absolute Gasteiger partial charge is 0.394 e. The van der Waals surface area contributed by atoms with Gasteiger partial charge in [0.2, 0.25) is 0 Å². The standard InChI is InChI=1S/C14H12.C4H11NO3/c1-2-12-8-10-14(11-9-12)13-6-4-3-5-7-13;5-4(1-6,2-7)3-8/h2-11H,1H2;6-8H,1-3,5H2. The van der Waals surface area contributed by atoms with E-state index in [0.29, 0.717) is 0 Å². The molecule has 0 saturated carbocycles. The van der Waals surface area contributed by atoms with Crippen molar-refractivity contribution in [1.29, 1.82) is 0 Å². The van der Waals surface area contributed by atoms with Gasteiger partial charge in [-0.15, -0.1) is 0 Å². The van der Waals surface area contributed by atoms with Gasteiger partial charge in [0.05, 0.1) is 25.4 Å². The molecule has 0 saturated heterocycles. The van der Waals surface area contributed by atoms with Crippen LogP contribution >= 0.6 is 0 Å². The van der Waals surface area contributed by atoms with Gasteiger partial charge >= 0.3 is 0 Å². The molecule has 2 aromatic carbocycles. The molecule has 0 aliphatic rings. The van der Waals surface area contributed by atoms with Crippen LogP contribution < -0.4 is 5.73 Å². The Morgan fingerprint density at radius 2 is 1.27 bits per heavy atom. The third-order valence-corrected chi connectivity index (χ3v) is 3.20. The van der Waals surface area contributed by atoms with Crippen LogP contribution in [0.2, 0.25) is 0 Å². The van der Waals surface area contributed by atoms with E-state index in [9.17, 15) is 0 Å². The van der Waals surface area contributed by atoms with Crippen molar-refractivity contribution in [2.75, 3.05) is 19.8 Å². The number of rotatable bonds is 5. The summed E-state index contributed by atoms with van der Waals surface area (Å²) in [6, 6.07) is 18.8. The van der Waals surface area contributed by atoms with Gasteiger partial charge in [-0.05, 0) is 16.7 Å². The van der Waals surface area contributed by atoms with Crippen molar-refractivity contribution in [2.45, 2.75) is 5.54 Å². The number of aliphatic hydroxyl groups excluding tert-OH is 3. The second-order valence-corrected chi connectivity index (χ2v) is 5.03. The van der Waals surface area contributed by atoms with Crippen LogP contribution in [-0.4, -0.2) is 40.7 Å². The maximum atomic E-state index is 8.34. The summed E-state index contributed by atoms with van der Waals surface area (Å²) in [6.07, 6.45) is 1.86. The predicted molar refractivity (Wildman–Crippen MR) is 90.1 cm³/mol. The van der Waals surface area contributed by atoms with Crippen molar-refractivity contribution in [3.8, 4) is 11.1 Å². The Morgan fingerprint density at radius 3 is 1.64 bits per heavy atom. The van der Waals surface area contributed by atoms with Gasteiger partial charge in [-0.2, -0.15) is 0 Å². The second kappa shape index (κ2) is 9.12. The maximum Gasteiger partial charge on any atom is 0.0856 e. The molecule has 4 nitrogen and oxygen atoms in total. The van der Waals surface area contributed by atoms with E-state index in [1.54, 1.807) is 0 Å². The van der Waals surface area contributed by atoms with E-state index in [4.69, 9.17) is 21.1 Å². The van der Waals surface area contributed by atoms with Crippen molar-refractivity contribution in [1.82, 2.24) is 0 Å². The van der Waals surface area contributed by atoms with Crippen molar-refractivity contribution < 1.29 is 15.3 Å². The van der Waals surface area contributed by atoms with Crippen LogP contribution in [0.1, 0.15) is 5.56 Å². The molecule has 118 valence electrons. The summed E-state index contributed by atoms with van der Waals surface area (Å²) in [4.78, 5) is 0. The highest BCUT2D eigenvalue weighted by Gasteiger charge is 2.20. The molecule has 22 heavy (non-hydrogen) atoms. The molecule has 0 unspecified atom stereocenters. The van der Waals surface area contributed by atoms with E-state index in [-0.39, 0.29) is 0 Å². The monoisotopic (exact) mass is 301 g/mol. The molecule has 0 amide bonds. The Morgan fingerprint density at radius 1 is 0.818 bits per heavy atom. The smallest absolute Gasteiger partial charge is 0.0856 e. The van der Waals surface area contributed by atoms with E-state index in [1.807, 2.05) is 12.1 Å². The van der Waals surface area contributed by atoms with E-state index < -0.39 is 25.4 Å². The van der Waals surface area contributed by atoms with Gasteiger partial charge in [-0.3, -0.25) is 0 Å². The van der Waals surface area contributed by atoms with Crippen LogP contribution in [0.5, 0.6) is 0 Å². The molecule has 0 bridgehead atoms. The first kappa shape index (κ1) is 18.1. The molecular weight excluding hydrogens is 278 g/mol. The molecule has 0 radical (unpaired) electrons. The summed E-state index contributed by atoms with van der Waals surface area (Å²) < 4.78 is 0. The predicted octanol–water partition coefficient (Wildman–Crippen LogP) is 1.66. The van der Waals surface area contributed by atoms with Gasteiger partial charge in [0.15, 0.2) is 0 Å². The molecule has 0 fully saturated rings. The van der Waals surface area contributed by atoms with Crippen LogP contribution in [0, 0.1) is 0 Å². The third-order valence-electron chi connectivity index (χ3n) is 3.20. The molecular formula is C18H23NO3. The summed E-state index contributed by atoms with van der Waals surface area (Å²) >= 11 is 0. The van der Waals surface area contributed by atoms with E-state index in [2.05, 4.69) is 55.1 Å². The summed E-state index contributed by atoms with van der Waals surface area (Å²) in [5.41, 5.74) is 7.59. The summed E-state index contributed by atoms with van der Waals surface area (Å²) in [5, 5.41) is 25.0. The quantitative estimate of drug-likeness (QED) is 0.676. The molecule has 2 aromatic rings. The highest BCUT2D eigenvalue weighted by Crippen LogP contribution is 2.19. The first-order chi connectivity index (χ1) is 10.6. The van der Waals surface area contributed by atoms with Gasteiger partial charge in [0, 0.05) is 0 Å². The highest BCUT2D eigenvalue weighted by atomic mass is 16.3. The lowest BCUT2D eigenvalue weighted by Crippen LogP contribution is -2.50. The van der Waals surface area contributed by atoms with Crippen LogP contribution in [0.25, 0.3) is 17.2 Å². The number of hydrogen-bond donors (Lipinski definition) is 4. The van der Waals surface area contributed by atoms with Crippen molar-refractivity contribution in [3.05, 3.63) is 66.7 Å². The Kier molecular flexibility index (Phi) is 7.49. The van der Waals surface area contributed by atoms with E-state index in [0.717, 1.165) is 5.56 Å². The minimum atomic E-state index is -1.21. The Bertz CT molecular complexity index is 540. The number of nitrogens with two attached hydrogens (primary N) is 1. The fourth-order valence-electron chi connectivity index (χ4n) is 1.59. The molecule has 0 heterocycles. The molecule has 2 rings (SSSR count). The SMILES string of the molecule is C=Cc1ccc(-c2ccccc2)cc1.NC(CO)(CO)CO. The molecule has 0 atom stereocenters. The lowest BCUT2D eigenvalue weighted by Gasteiger charge is -2.20. The first-order valence-corrected chi connectivity index (χ1v) is 6.98. The zero-order valence-electron chi connectivity index (χ0n) is 12.5. The fraction of sp³-hybridized carbons (Fsp3) is 0.222. The highest BCUT2D eigenvalue weighted by molar-refractivity contribution is 5.65. The zero-order chi connectivity index (χ0) is 16.4. The van der Waals surface area contributed by atoms with E-state index in [1.165, 1.54) is 11.1 Å². The Balaban J connectivity index is 0.000000261. The minimum Gasteiger partial charge on any atom is -0.394 e. The topological polar surface area (TPSA) is 86.7 Å². The molecule has 4 heteroatoms. The average molecular weight is 301 g/mol. The molecule has 0 aromatic heterocycles. The fourth-order valence-corrected chi connectivity index (χ4v) is 1.59. The Hall–Kier alpha value is -1.98. The lowest BCUT2D eigenvalue weighted by atomic mass is 10.0. The average Bonchev–Trinajstić information content (AvgIpc) is 2.62. The molecule has 0 aliphatic heterocycles. The van der Waals surface area contributed by atoms with Gasteiger partial charge < -0.3 is 21.1 Å². The minimum absolute atomic E-state index is 0.403. The van der Waals surface area contributed by atoms with Gasteiger partial charge in [0.1, 0.15) is 0 Å². The normalized spacial score (nSPS) is 10.5. The van der Waals surface area contributed by atoms with E-state index >= 15 is 0 Å². The third kappa shape index (κ3) is 5.42. The van der Waals surface area contributed by atoms with Crippen LogP contribution in [0.3, 0.4) is 0 Å². The summed E-state index contributed by atoms with van der Waals surface area (Å²) in [5.74, 6) is 0. The van der Waals surface area contributed by atoms with Crippen LogP contribution in [-0.2, 0) is 0 Å².